The number of likely N-dealkylation sites (N-methyl/N-ethyl adjacent to an activating group) is 1. The van der Waals surface area contributed by atoms with Crippen molar-refractivity contribution in [3.8, 4) is 0 Å². The third-order valence-corrected chi connectivity index (χ3v) is 2.97. The van der Waals surface area contributed by atoms with Crippen molar-refractivity contribution in [2.45, 2.75) is 19.8 Å². The molecule has 4 heteroatoms. The largest absolute Gasteiger partial charge is 0.354 e. The predicted molar refractivity (Wildman–Crippen MR) is 82.8 cm³/mol. The van der Waals surface area contributed by atoms with E-state index in [1.807, 2.05) is 44.4 Å². The summed E-state index contributed by atoms with van der Waals surface area (Å²) < 4.78 is 0. The van der Waals surface area contributed by atoms with Gasteiger partial charge < -0.3 is 10.2 Å². The highest BCUT2D eigenvalue weighted by molar-refractivity contribution is 5.85. The van der Waals surface area contributed by atoms with Gasteiger partial charge in [0.2, 0.25) is 5.91 Å². The highest BCUT2D eigenvalue weighted by Gasteiger charge is 2.23. The Morgan fingerprint density at radius 1 is 1.21 bits per heavy atom. The maximum absolute atomic E-state index is 12.2. The summed E-state index contributed by atoms with van der Waals surface area (Å²) in [6.45, 7) is 5.74. The Balaban J connectivity index is 0.00000324. The minimum atomic E-state index is -0.0617. The third-order valence-electron chi connectivity index (χ3n) is 2.97. The maximum atomic E-state index is 12.2. The number of nitrogens with one attached hydrogen (secondary N) is 1. The first-order valence-corrected chi connectivity index (χ1v) is 6.49. The smallest absolute Gasteiger partial charge is 0.227 e. The zero-order valence-corrected chi connectivity index (χ0v) is 13.0. The van der Waals surface area contributed by atoms with E-state index >= 15 is 0 Å². The molecule has 0 saturated heterocycles. The molecule has 1 N–H and O–H groups in total. The Bertz CT molecular complexity index is 366. The van der Waals surface area contributed by atoms with Crippen molar-refractivity contribution in [3.63, 3.8) is 0 Å². The van der Waals surface area contributed by atoms with Gasteiger partial charge in [0.15, 0.2) is 0 Å². The molecule has 0 bridgehead atoms. The second kappa shape index (κ2) is 8.94. The van der Waals surface area contributed by atoms with Crippen LogP contribution in [0.25, 0.3) is 0 Å². The molecule has 0 spiro atoms. The molecule has 0 heterocycles. The van der Waals surface area contributed by atoms with Gasteiger partial charge in [-0.15, -0.1) is 12.4 Å². The van der Waals surface area contributed by atoms with Gasteiger partial charge in [-0.25, -0.2) is 0 Å². The number of hydrogen-bond acceptors (Lipinski definition) is 2. The summed E-state index contributed by atoms with van der Waals surface area (Å²) in [5.41, 5.74) is 1.09. The topological polar surface area (TPSA) is 32.3 Å². The van der Waals surface area contributed by atoms with Crippen LogP contribution in [0.2, 0.25) is 0 Å². The van der Waals surface area contributed by atoms with E-state index in [-0.39, 0.29) is 24.2 Å². The number of benzene rings is 1. The van der Waals surface area contributed by atoms with Gasteiger partial charge in [0.25, 0.3) is 0 Å². The summed E-state index contributed by atoms with van der Waals surface area (Å²) in [5.74, 6) is 0.359. The van der Waals surface area contributed by atoms with Gasteiger partial charge in [0, 0.05) is 13.1 Å². The van der Waals surface area contributed by atoms with Crippen LogP contribution in [0.15, 0.2) is 30.3 Å². The Morgan fingerprint density at radius 2 is 1.79 bits per heavy atom. The lowest BCUT2D eigenvalue weighted by Crippen LogP contribution is -2.36. The van der Waals surface area contributed by atoms with E-state index in [4.69, 9.17) is 0 Å². The average molecular weight is 285 g/mol. The van der Waals surface area contributed by atoms with E-state index in [0.717, 1.165) is 12.1 Å². The minimum absolute atomic E-state index is 0. The van der Waals surface area contributed by atoms with Gasteiger partial charge >= 0.3 is 0 Å². The second-order valence-corrected chi connectivity index (χ2v) is 5.23. The number of hydrogen-bond donors (Lipinski definition) is 1. The normalized spacial score (nSPS) is 12.1. The first-order chi connectivity index (χ1) is 8.52. The fraction of sp³-hybridized carbons (Fsp3) is 0.533. The molecule has 0 aliphatic carbocycles. The zero-order chi connectivity index (χ0) is 13.5. The van der Waals surface area contributed by atoms with E-state index in [2.05, 4.69) is 24.1 Å². The van der Waals surface area contributed by atoms with Crippen LogP contribution in [-0.2, 0) is 4.79 Å². The molecule has 1 amide bonds. The lowest BCUT2D eigenvalue weighted by Gasteiger charge is -2.21. The van der Waals surface area contributed by atoms with E-state index in [1.54, 1.807) is 0 Å². The van der Waals surface area contributed by atoms with Crippen molar-refractivity contribution < 1.29 is 4.79 Å². The summed E-state index contributed by atoms with van der Waals surface area (Å²) in [6.07, 6.45) is 0. The Labute approximate surface area is 122 Å². The van der Waals surface area contributed by atoms with Gasteiger partial charge in [-0.2, -0.15) is 0 Å². The molecule has 19 heavy (non-hydrogen) atoms. The molecule has 0 saturated carbocycles. The van der Waals surface area contributed by atoms with Crippen molar-refractivity contribution >= 4 is 18.3 Å². The lowest BCUT2D eigenvalue weighted by molar-refractivity contribution is -0.123. The van der Waals surface area contributed by atoms with Crippen LogP contribution in [0.5, 0.6) is 0 Å². The average Bonchev–Trinajstić information content (AvgIpc) is 2.29. The molecule has 1 aromatic rings. The van der Waals surface area contributed by atoms with E-state index < -0.39 is 0 Å². The van der Waals surface area contributed by atoms with Gasteiger partial charge in [-0.3, -0.25) is 4.79 Å². The molecule has 0 fully saturated rings. The molecule has 1 atom stereocenters. The summed E-state index contributed by atoms with van der Waals surface area (Å²) >= 11 is 0. The molecule has 0 aromatic heterocycles. The Kier molecular flexibility index (Phi) is 8.44. The first-order valence-electron chi connectivity index (χ1n) is 6.49. The monoisotopic (exact) mass is 284 g/mol. The predicted octanol–water partition coefficient (Wildman–Crippen LogP) is 2.53. The van der Waals surface area contributed by atoms with E-state index in [1.165, 1.54) is 0 Å². The zero-order valence-electron chi connectivity index (χ0n) is 12.2. The van der Waals surface area contributed by atoms with Crippen molar-refractivity contribution in [3.05, 3.63) is 35.9 Å². The van der Waals surface area contributed by atoms with E-state index in [9.17, 15) is 4.79 Å². The van der Waals surface area contributed by atoms with E-state index in [0.29, 0.717) is 12.5 Å². The maximum Gasteiger partial charge on any atom is 0.227 e. The quantitative estimate of drug-likeness (QED) is 0.871. The molecule has 1 rings (SSSR count). The van der Waals surface area contributed by atoms with Crippen LogP contribution in [-0.4, -0.2) is 38.0 Å². The Hall–Kier alpha value is -1.06. The van der Waals surface area contributed by atoms with Crippen LogP contribution < -0.4 is 5.32 Å². The number of halogens is 1. The standard InChI is InChI=1S/C15H24N2O.ClH/c1-12(2)14(13-8-6-5-7-9-13)15(18)16-10-11-17(3)4;/h5-9,12,14H,10-11H2,1-4H3,(H,16,18);1H. The number of carbonyl (C=O) groups excluding carboxylic acids is 1. The van der Waals surface area contributed by atoms with Crippen LogP contribution >= 0.6 is 12.4 Å². The van der Waals surface area contributed by atoms with Gasteiger partial charge in [-0.1, -0.05) is 44.2 Å². The number of nitrogens with zero attached hydrogens (tertiary/aromatic N) is 1. The molecule has 108 valence electrons. The number of amides is 1. The van der Waals surface area contributed by atoms with Crippen LogP contribution in [0.4, 0.5) is 0 Å². The molecule has 0 radical (unpaired) electrons. The minimum Gasteiger partial charge on any atom is -0.354 e. The Morgan fingerprint density at radius 3 is 2.26 bits per heavy atom. The summed E-state index contributed by atoms with van der Waals surface area (Å²) in [5, 5.41) is 3.01. The number of rotatable bonds is 6. The summed E-state index contributed by atoms with van der Waals surface area (Å²) in [4.78, 5) is 14.3. The molecule has 0 aliphatic rings. The second-order valence-electron chi connectivity index (χ2n) is 5.23. The third kappa shape index (κ3) is 6.08. The van der Waals surface area contributed by atoms with Crippen molar-refractivity contribution in [1.29, 1.82) is 0 Å². The van der Waals surface area contributed by atoms with Crippen LogP contribution in [0.1, 0.15) is 25.3 Å². The molecule has 3 nitrogen and oxygen atoms in total. The van der Waals surface area contributed by atoms with Crippen LogP contribution in [0.3, 0.4) is 0 Å². The highest BCUT2D eigenvalue weighted by Crippen LogP contribution is 2.24. The fourth-order valence-corrected chi connectivity index (χ4v) is 2.01. The molecule has 0 aliphatic heterocycles. The summed E-state index contributed by atoms with van der Waals surface area (Å²) in [6, 6.07) is 9.99. The van der Waals surface area contributed by atoms with Gasteiger partial charge in [0.1, 0.15) is 0 Å². The SMILES string of the molecule is CC(C)C(C(=O)NCCN(C)C)c1ccccc1.Cl. The lowest BCUT2D eigenvalue weighted by atomic mass is 9.88. The molecular formula is C15H25ClN2O. The van der Waals surface area contributed by atoms with Crippen LogP contribution in [0, 0.1) is 5.92 Å². The molecular weight excluding hydrogens is 260 g/mol. The molecule has 1 aromatic carbocycles. The van der Waals surface area contributed by atoms with Crippen molar-refractivity contribution in [1.82, 2.24) is 10.2 Å². The molecule has 1 unspecified atom stereocenters. The summed E-state index contributed by atoms with van der Waals surface area (Å²) in [7, 11) is 4.01. The number of carbonyl (C=O) groups is 1. The highest BCUT2D eigenvalue weighted by atomic mass is 35.5. The van der Waals surface area contributed by atoms with Gasteiger partial charge in [-0.05, 0) is 25.6 Å². The fourth-order valence-electron chi connectivity index (χ4n) is 2.01. The van der Waals surface area contributed by atoms with Gasteiger partial charge in [0.05, 0.1) is 5.92 Å². The first kappa shape index (κ1) is 17.9. The van der Waals surface area contributed by atoms with Crippen molar-refractivity contribution in [2.75, 3.05) is 27.2 Å². The van der Waals surface area contributed by atoms with Crippen molar-refractivity contribution in [2.24, 2.45) is 5.92 Å².